The minimum atomic E-state index is -1.50. The lowest BCUT2D eigenvalue weighted by Gasteiger charge is -2.32. The first kappa shape index (κ1) is 35.7. The fraction of sp³-hybridized carbons (Fsp3) is 0.146. The van der Waals surface area contributed by atoms with Gasteiger partial charge in [-0.15, -0.1) is 0 Å². The summed E-state index contributed by atoms with van der Waals surface area (Å²) in [6.45, 7) is -0.384. The molecule has 0 aliphatic carbocycles. The monoisotopic (exact) mass is 685 g/mol. The smallest absolute Gasteiger partial charge is 0.338 e. The highest BCUT2D eigenvalue weighted by Gasteiger charge is 2.39. The van der Waals surface area contributed by atoms with Crippen molar-refractivity contribution >= 4 is 30.1 Å². The Bertz CT molecular complexity index is 1870. The van der Waals surface area contributed by atoms with E-state index >= 15 is 0 Å². The molecule has 51 heavy (non-hydrogen) atoms. The number of benzene rings is 5. The highest BCUT2D eigenvalue weighted by atomic mass is 16.6. The summed E-state index contributed by atoms with van der Waals surface area (Å²) < 4.78 is 23.5. The molecule has 3 atom stereocenters. The van der Waals surface area contributed by atoms with Crippen molar-refractivity contribution in [3.8, 4) is 0 Å². The number of hydrogen-bond donors (Lipinski definition) is 0. The van der Waals surface area contributed by atoms with Crippen LogP contribution in [0.1, 0.15) is 53.4 Å². The summed E-state index contributed by atoms with van der Waals surface area (Å²) in [5.41, 5.74) is 1.73. The molecule has 0 fully saturated rings. The highest BCUT2D eigenvalue weighted by Crippen LogP contribution is 2.22. The van der Waals surface area contributed by atoms with Crippen molar-refractivity contribution in [1.29, 1.82) is 0 Å². The summed E-state index contributed by atoms with van der Waals surface area (Å²) in [7, 11) is 0. The van der Waals surface area contributed by atoms with E-state index in [1.54, 1.807) is 121 Å². The van der Waals surface area contributed by atoms with Crippen LogP contribution in [0.15, 0.2) is 157 Å². The number of oxime groups is 1. The standard InChI is InChI=1S/C41H35NO9/c43-38(31-18-8-2-9-19-31)47-29-36(50-40(45)33-22-12-4-13-23-33)37(51-41(46)34-24-14-5-15-25-34)35(49-39(44)32-20-10-3-11-21-32)26-27-42-48-28-30-16-6-1-7-17-30/h1-25,27,35-37H,26,28-29H2/t35-,36-,37-/m1/s1. The van der Waals surface area contributed by atoms with Crippen molar-refractivity contribution in [2.24, 2.45) is 5.16 Å². The van der Waals surface area contributed by atoms with Gasteiger partial charge >= 0.3 is 23.9 Å². The number of hydrogen-bond acceptors (Lipinski definition) is 10. The molecule has 5 aromatic rings. The van der Waals surface area contributed by atoms with E-state index in [0.717, 1.165) is 5.56 Å². The predicted octanol–water partition coefficient (Wildman–Crippen LogP) is 7.11. The van der Waals surface area contributed by atoms with Gasteiger partial charge in [-0.1, -0.05) is 108 Å². The van der Waals surface area contributed by atoms with Gasteiger partial charge in [0.05, 0.1) is 22.3 Å². The maximum atomic E-state index is 13.6. The van der Waals surface area contributed by atoms with E-state index in [1.807, 2.05) is 30.3 Å². The maximum absolute atomic E-state index is 13.6. The lowest BCUT2D eigenvalue weighted by atomic mass is 10.0. The fourth-order valence-corrected chi connectivity index (χ4v) is 4.86. The number of ether oxygens (including phenoxy) is 4. The summed E-state index contributed by atoms with van der Waals surface area (Å²) in [4.78, 5) is 59.1. The van der Waals surface area contributed by atoms with E-state index in [9.17, 15) is 19.2 Å². The van der Waals surface area contributed by atoms with Gasteiger partial charge < -0.3 is 23.8 Å². The molecule has 10 nitrogen and oxygen atoms in total. The van der Waals surface area contributed by atoms with Gasteiger partial charge in [0, 0.05) is 12.6 Å². The van der Waals surface area contributed by atoms with Crippen LogP contribution in [0, 0.1) is 0 Å². The molecule has 0 aliphatic rings. The zero-order valence-corrected chi connectivity index (χ0v) is 27.5. The van der Waals surface area contributed by atoms with E-state index in [2.05, 4.69) is 5.16 Å². The van der Waals surface area contributed by atoms with E-state index in [4.69, 9.17) is 23.8 Å². The van der Waals surface area contributed by atoms with Gasteiger partial charge in [-0.2, -0.15) is 0 Å². The summed E-state index contributed by atoms with van der Waals surface area (Å²) in [6.07, 6.45) is -3.04. The number of carbonyl (C=O) groups excluding carboxylic acids is 4. The molecule has 0 aliphatic heterocycles. The van der Waals surface area contributed by atoms with Crippen molar-refractivity contribution < 1.29 is 43.0 Å². The van der Waals surface area contributed by atoms with Crippen molar-refractivity contribution in [2.75, 3.05) is 6.61 Å². The van der Waals surface area contributed by atoms with Crippen molar-refractivity contribution in [3.05, 3.63) is 179 Å². The van der Waals surface area contributed by atoms with Gasteiger partial charge in [0.2, 0.25) is 0 Å². The Morgan fingerprint density at radius 2 is 0.882 bits per heavy atom. The van der Waals surface area contributed by atoms with Gasteiger partial charge in [-0.3, -0.25) is 0 Å². The summed E-state index contributed by atoms with van der Waals surface area (Å²) in [5.74, 6) is -3.04. The second-order valence-corrected chi connectivity index (χ2v) is 11.1. The Kier molecular flexibility index (Phi) is 13.2. The van der Waals surface area contributed by atoms with Crippen molar-refractivity contribution in [1.82, 2.24) is 0 Å². The van der Waals surface area contributed by atoms with Crippen LogP contribution >= 0.6 is 0 Å². The SMILES string of the molecule is O=C(OC[C@@H](OC(=O)c1ccccc1)[C@H](OC(=O)c1ccccc1)[C@@H](CC=NOCc1ccccc1)OC(=O)c1ccccc1)c1ccccc1. The third kappa shape index (κ3) is 11.0. The Hall–Kier alpha value is -6.55. The third-order valence-corrected chi connectivity index (χ3v) is 7.47. The molecule has 0 bridgehead atoms. The predicted molar refractivity (Wildman–Crippen MR) is 188 cm³/mol. The largest absolute Gasteiger partial charge is 0.458 e. The lowest BCUT2D eigenvalue weighted by molar-refractivity contribution is -0.0993. The van der Waals surface area contributed by atoms with Gasteiger partial charge in [-0.05, 0) is 54.1 Å². The van der Waals surface area contributed by atoms with E-state index in [-0.39, 0.29) is 35.3 Å². The molecule has 10 heteroatoms. The molecule has 0 amide bonds. The first-order valence-corrected chi connectivity index (χ1v) is 16.2. The van der Waals surface area contributed by atoms with Gasteiger partial charge in [0.25, 0.3) is 0 Å². The molecule has 5 rings (SSSR count). The second-order valence-electron chi connectivity index (χ2n) is 11.1. The molecule has 0 saturated heterocycles. The molecule has 0 spiro atoms. The molecule has 0 heterocycles. The quantitative estimate of drug-likeness (QED) is 0.0462. The first-order valence-electron chi connectivity index (χ1n) is 16.2. The molecule has 0 unspecified atom stereocenters. The first-order chi connectivity index (χ1) is 25.0. The van der Waals surface area contributed by atoms with Crippen molar-refractivity contribution in [3.63, 3.8) is 0 Å². The summed E-state index contributed by atoms with van der Waals surface area (Å²) >= 11 is 0. The Morgan fingerprint density at radius 3 is 1.35 bits per heavy atom. The van der Waals surface area contributed by atoms with Crippen LogP contribution in [0.2, 0.25) is 0 Å². The third-order valence-electron chi connectivity index (χ3n) is 7.47. The number of esters is 4. The normalized spacial score (nSPS) is 12.5. The van der Waals surface area contributed by atoms with Crippen LogP contribution in [-0.4, -0.2) is 55.0 Å². The average Bonchev–Trinajstić information content (AvgIpc) is 3.19. The molecule has 0 aromatic heterocycles. The molecular formula is C41H35NO9. The maximum Gasteiger partial charge on any atom is 0.338 e. The minimum Gasteiger partial charge on any atom is -0.458 e. The lowest BCUT2D eigenvalue weighted by Crippen LogP contribution is -2.48. The van der Waals surface area contributed by atoms with Gasteiger partial charge in [0.15, 0.2) is 12.2 Å². The number of rotatable bonds is 16. The topological polar surface area (TPSA) is 127 Å². The van der Waals surface area contributed by atoms with Crippen LogP contribution in [0.5, 0.6) is 0 Å². The minimum absolute atomic E-state index is 0.147. The Labute approximate surface area is 295 Å². The fourth-order valence-electron chi connectivity index (χ4n) is 4.86. The number of carbonyl (C=O) groups is 4. The van der Waals surface area contributed by atoms with Crippen LogP contribution in [0.4, 0.5) is 0 Å². The Balaban J connectivity index is 1.49. The zero-order chi connectivity index (χ0) is 35.7. The van der Waals surface area contributed by atoms with Crippen LogP contribution in [-0.2, 0) is 30.4 Å². The van der Waals surface area contributed by atoms with E-state index < -0.39 is 48.8 Å². The Morgan fingerprint density at radius 1 is 0.490 bits per heavy atom. The summed E-state index contributed by atoms with van der Waals surface area (Å²) in [6, 6.07) is 42.1. The van der Waals surface area contributed by atoms with Crippen LogP contribution in [0.3, 0.4) is 0 Å². The molecular weight excluding hydrogens is 650 g/mol. The number of nitrogens with zero attached hydrogens (tertiary/aromatic N) is 1. The molecule has 258 valence electrons. The van der Waals surface area contributed by atoms with Crippen LogP contribution in [0.25, 0.3) is 0 Å². The van der Waals surface area contributed by atoms with E-state index in [0.29, 0.717) is 0 Å². The van der Waals surface area contributed by atoms with E-state index in [1.165, 1.54) is 6.21 Å². The second kappa shape index (κ2) is 18.8. The molecule has 0 saturated carbocycles. The summed E-state index contributed by atoms with van der Waals surface area (Å²) in [5, 5.41) is 4.04. The highest BCUT2D eigenvalue weighted by molar-refractivity contribution is 5.92. The van der Waals surface area contributed by atoms with Gasteiger partial charge in [-0.25, -0.2) is 19.2 Å². The zero-order valence-electron chi connectivity index (χ0n) is 27.5. The van der Waals surface area contributed by atoms with Crippen molar-refractivity contribution in [2.45, 2.75) is 31.3 Å². The molecule has 5 aromatic carbocycles. The average molecular weight is 686 g/mol. The molecule has 0 radical (unpaired) electrons. The van der Waals surface area contributed by atoms with Crippen LogP contribution < -0.4 is 0 Å². The van der Waals surface area contributed by atoms with Gasteiger partial charge in [0.1, 0.15) is 19.3 Å². The molecule has 0 N–H and O–H groups in total.